The summed E-state index contributed by atoms with van der Waals surface area (Å²) >= 11 is 0. The standard InChI is InChI=1S/C11H22O4/c1-7-8-10(2,3)14-15-11(4,5)9(12)13-6/h7-8H2,1-6H3. The molecule has 0 saturated heterocycles. The predicted molar refractivity (Wildman–Crippen MR) is 57.3 cm³/mol. The Kier molecular flexibility index (Phi) is 5.24. The summed E-state index contributed by atoms with van der Waals surface area (Å²) in [7, 11) is 1.32. The lowest BCUT2D eigenvalue weighted by molar-refractivity contribution is -0.394. The fraction of sp³-hybridized carbons (Fsp3) is 0.909. The van der Waals surface area contributed by atoms with Gasteiger partial charge in [-0.05, 0) is 34.1 Å². The molecule has 0 saturated carbocycles. The van der Waals surface area contributed by atoms with Crippen molar-refractivity contribution in [1.82, 2.24) is 0 Å². The molecule has 0 aromatic heterocycles. The lowest BCUT2D eigenvalue weighted by Gasteiger charge is -2.28. The molecule has 0 bridgehead atoms. The van der Waals surface area contributed by atoms with Crippen molar-refractivity contribution in [1.29, 1.82) is 0 Å². The molecule has 0 amide bonds. The third kappa shape index (κ3) is 5.14. The maximum Gasteiger partial charge on any atom is 0.340 e. The zero-order valence-electron chi connectivity index (χ0n) is 10.5. The molecular formula is C11H22O4. The average molecular weight is 218 g/mol. The van der Waals surface area contributed by atoms with Gasteiger partial charge in [-0.15, -0.1) is 0 Å². The maximum absolute atomic E-state index is 11.3. The molecule has 0 rings (SSSR count). The molecule has 0 fully saturated rings. The van der Waals surface area contributed by atoms with Crippen LogP contribution in [0.2, 0.25) is 0 Å². The topological polar surface area (TPSA) is 44.8 Å². The quantitative estimate of drug-likeness (QED) is 0.390. The van der Waals surface area contributed by atoms with Crippen LogP contribution in [0.1, 0.15) is 47.5 Å². The normalized spacial score (nSPS) is 12.7. The molecule has 0 spiro atoms. The van der Waals surface area contributed by atoms with E-state index in [9.17, 15) is 4.79 Å². The molecule has 4 nitrogen and oxygen atoms in total. The van der Waals surface area contributed by atoms with Gasteiger partial charge in [0.2, 0.25) is 0 Å². The number of carbonyl (C=O) groups excluding carboxylic acids is 1. The van der Waals surface area contributed by atoms with Crippen molar-refractivity contribution in [3.05, 3.63) is 0 Å². The second kappa shape index (κ2) is 5.47. The molecule has 0 radical (unpaired) electrons. The first-order valence-electron chi connectivity index (χ1n) is 5.20. The molecule has 0 heterocycles. The summed E-state index contributed by atoms with van der Waals surface area (Å²) < 4.78 is 4.60. The van der Waals surface area contributed by atoms with Crippen molar-refractivity contribution in [3.63, 3.8) is 0 Å². The fourth-order valence-electron chi connectivity index (χ4n) is 1.14. The number of esters is 1. The van der Waals surface area contributed by atoms with Crippen LogP contribution in [0.5, 0.6) is 0 Å². The molecule has 0 atom stereocenters. The highest BCUT2D eigenvalue weighted by molar-refractivity contribution is 5.78. The van der Waals surface area contributed by atoms with Gasteiger partial charge < -0.3 is 4.74 Å². The molecule has 90 valence electrons. The molecule has 15 heavy (non-hydrogen) atoms. The Balaban J connectivity index is 4.19. The summed E-state index contributed by atoms with van der Waals surface area (Å²) in [5.41, 5.74) is -1.46. The Bertz CT molecular complexity index is 209. The smallest absolute Gasteiger partial charge is 0.340 e. The number of rotatable bonds is 6. The van der Waals surface area contributed by atoms with E-state index in [-0.39, 0.29) is 5.60 Å². The first kappa shape index (κ1) is 14.4. The van der Waals surface area contributed by atoms with Gasteiger partial charge in [-0.2, -0.15) is 0 Å². The van der Waals surface area contributed by atoms with E-state index in [0.29, 0.717) is 0 Å². The summed E-state index contributed by atoms with van der Waals surface area (Å²) in [4.78, 5) is 21.7. The minimum absolute atomic E-state index is 0.389. The molecule has 0 aliphatic heterocycles. The van der Waals surface area contributed by atoms with Gasteiger partial charge in [0.1, 0.15) is 0 Å². The van der Waals surface area contributed by atoms with E-state index in [2.05, 4.69) is 11.7 Å². The number of hydrogen-bond acceptors (Lipinski definition) is 4. The molecular weight excluding hydrogens is 196 g/mol. The second-order valence-corrected chi connectivity index (χ2v) is 4.68. The lowest BCUT2D eigenvalue weighted by atomic mass is 10.0. The zero-order chi connectivity index (χ0) is 12.1. The molecule has 0 aliphatic rings. The predicted octanol–water partition coefficient (Wildman–Crippen LogP) is 2.46. The van der Waals surface area contributed by atoms with Crippen molar-refractivity contribution >= 4 is 5.97 Å². The third-order valence-corrected chi connectivity index (χ3v) is 2.00. The van der Waals surface area contributed by atoms with Gasteiger partial charge in [0.15, 0.2) is 5.60 Å². The summed E-state index contributed by atoms with van der Waals surface area (Å²) in [5.74, 6) is -0.449. The number of ether oxygens (including phenoxy) is 1. The lowest BCUT2D eigenvalue weighted by Crippen LogP contribution is -2.39. The maximum atomic E-state index is 11.3. The van der Waals surface area contributed by atoms with Crippen molar-refractivity contribution in [2.45, 2.75) is 58.7 Å². The molecule has 0 aromatic rings. The van der Waals surface area contributed by atoms with Crippen LogP contribution in [-0.2, 0) is 19.3 Å². The third-order valence-electron chi connectivity index (χ3n) is 2.00. The summed E-state index contributed by atoms with van der Waals surface area (Å²) in [5, 5.41) is 0. The van der Waals surface area contributed by atoms with Crippen LogP contribution in [0.4, 0.5) is 0 Å². The van der Waals surface area contributed by atoms with E-state index < -0.39 is 11.6 Å². The van der Waals surface area contributed by atoms with Gasteiger partial charge in [-0.1, -0.05) is 13.3 Å². The van der Waals surface area contributed by atoms with E-state index in [0.717, 1.165) is 12.8 Å². The van der Waals surface area contributed by atoms with Crippen molar-refractivity contribution in [2.24, 2.45) is 0 Å². The first-order valence-corrected chi connectivity index (χ1v) is 5.20. The number of hydrogen-bond donors (Lipinski definition) is 0. The Morgan fingerprint density at radius 2 is 1.67 bits per heavy atom. The first-order chi connectivity index (χ1) is 6.75. The van der Waals surface area contributed by atoms with Gasteiger partial charge in [0, 0.05) is 0 Å². The van der Waals surface area contributed by atoms with Crippen molar-refractivity contribution in [3.8, 4) is 0 Å². The molecule has 0 unspecified atom stereocenters. The number of methoxy groups -OCH3 is 1. The highest BCUT2D eigenvalue weighted by Crippen LogP contribution is 2.21. The molecule has 0 aromatic carbocycles. The molecule has 0 N–H and O–H groups in total. The monoisotopic (exact) mass is 218 g/mol. The van der Waals surface area contributed by atoms with Crippen LogP contribution in [-0.4, -0.2) is 24.3 Å². The zero-order valence-corrected chi connectivity index (χ0v) is 10.5. The summed E-state index contributed by atoms with van der Waals surface area (Å²) in [6.07, 6.45) is 1.86. The second-order valence-electron chi connectivity index (χ2n) is 4.68. The average Bonchev–Trinajstić information content (AvgIpc) is 2.14. The van der Waals surface area contributed by atoms with Crippen LogP contribution >= 0.6 is 0 Å². The Morgan fingerprint density at radius 1 is 1.13 bits per heavy atom. The molecule has 4 heteroatoms. The van der Waals surface area contributed by atoms with Gasteiger partial charge in [-0.25, -0.2) is 14.6 Å². The summed E-state index contributed by atoms with van der Waals surface area (Å²) in [6, 6.07) is 0. The number of carbonyl (C=O) groups is 1. The van der Waals surface area contributed by atoms with Crippen molar-refractivity contribution in [2.75, 3.05) is 7.11 Å². The largest absolute Gasteiger partial charge is 0.467 e. The summed E-state index contributed by atoms with van der Waals surface area (Å²) in [6.45, 7) is 9.13. The Hall–Kier alpha value is -0.610. The van der Waals surface area contributed by atoms with E-state index in [1.54, 1.807) is 13.8 Å². The van der Waals surface area contributed by atoms with Gasteiger partial charge >= 0.3 is 5.97 Å². The van der Waals surface area contributed by atoms with Gasteiger partial charge in [-0.3, -0.25) is 0 Å². The van der Waals surface area contributed by atoms with Gasteiger partial charge in [0.05, 0.1) is 12.7 Å². The van der Waals surface area contributed by atoms with E-state index in [1.807, 2.05) is 13.8 Å². The molecule has 0 aliphatic carbocycles. The fourth-order valence-corrected chi connectivity index (χ4v) is 1.14. The van der Waals surface area contributed by atoms with Crippen LogP contribution in [0, 0.1) is 0 Å². The SMILES string of the molecule is CCCC(C)(C)OOC(C)(C)C(=O)OC. The van der Waals surface area contributed by atoms with Crippen LogP contribution in [0.25, 0.3) is 0 Å². The van der Waals surface area contributed by atoms with Crippen LogP contribution in [0.3, 0.4) is 0 Å². The minimum Gasteiger partial charge on any atom is -0.467 e. The minimum atomic E-state index is -1.07. The Morgan fingerprint density at radius 3 is 2.07 bits per heavy atom. The van der Waals surface area contributed by atoms with Crippen molar-refractivity contribution < 1.29 is 19.3 Å². The van der Waals surface area contributed by atoms with Gasteiger partial charge in [0.25, 0.3) is 0 Å². The van der Waals surface area contributed by atoms with Crippen LogP contribution < -0.4 is 0 Å². The van der Waals surface area contributed by atoms with E-state index in [1.165, 1.54) is 7.11 Å². The van der Waals surface area contributed by atoms with E-state index in [4.69, 9.17) is 9.78 Å². The van der Waals surface area contributed by atoms with E-state index >= 15 is 0 Å². The Labute approximate surface area is 91.8 Å². The highest BCUT2D eigenvalue weighted by Gasteiger charge is 2.34. The van der Waals surface area contributed by atoms with Crippen LogP contribution in [0.15, 0.2) is 0 Å². The highest BCUT2D eigenvalue weighted by atomic mass is 17.2.